The van der Waals surface area contributed by atoms with Crippen molar-refractivity contribution in [2.75, 3.05) is 23.7 Å². The summed E-state index contributed by atoms with van der Waals surface area (Å²) in [4.78, 5) is 10.8. The summed E-state index contributed by atoms with van der Waals surface area (Å²) in [6.45, 7) is 9.18. The van der Waals surface area contributed by atoms with E-state index in [2.05, 4.69) is 35.6 Å². The Hall–Kier alpha value is -1.32. The van der Waals surface area contributed by atoms with Crippen LogP contribution in [-0.4, -0.2) is 23.1 Å². The lowest BCUT2D eigenvalue weighted by atomic mass is 9.77. The van der Waals surface area contributed by atoms with E-state index in [1.807, 2.05) is 0 Å². The first kappa shape index (κ1) is 13.1. The highest BCUT2D eigenvalue weighted by Gasteiger charge is 2.27. The normalized spacial score (nSPS) is 21.7. The van der Waals surface area contributed by atoms with Crippen molar-refractivity contribution in [3.8, 4) is 0 Å². The number of rotatable bonds is 1. The van der Waals surface area contributed by atoms with Crippen molar-refractivity contribution in [1.82, 2.24) is 9.97 Å². The molecule has 0 radical (unpaired) electrons. The molecule has 1 atom stereocenters. The molecule has 0 aliphatic carbocycles. The second-order valence-corrected chi connectivity index (χ2v) is 6.28. The molecular formula is C14H24N4. The summed E-state index contributed by atoms with van der Waals surface area (Å²) >= 11 is 0. The third-order valence-electron chi connectivity index (χ3n) is 3.94. The third-order valence-corrected chi connectivity index (χ3v) is 3.94. The van der Waals surface area contributed by atoms with Crippen LogP contribution in [-0.2, 0) is 0 Å². The summed E-state index contributed by atoms with van der Waals surface area (Å²) in [5, 5.41) is 0. The van der Waals surface area contributed by atoms with Crippen molar-refractivity contribution in [3.05, 3.63) is 12.4 Å². The predicted molar refractivity (Wildman–Crippen MR) is 75.5 cm³/mol. The molecule has 0 bridgehead atoms. The van der Waals surface area contributed by atoms with Gasteiger partial charge in [-0.25, -0.2) is 9.97 Å². The van der Waals surface area contributed by atoms with Gasteiger partial charge in [-0.3, -0.25) is 0 Å². The molecule has 1 saturated heterocycles. The SMILES string of the molecule is CC(C)(C)C1CCCN(c2cnc(N)cn2)CC1. The largest absolute Gasteiger partial charge is 0.382 e. The molecule has 1 aromatic heterocycles. The standard InChI is InChI=1S/C14H24N4/c1-14(2,3)11-5-4-7-18(8-6-11)13-10-16-12(15)9-17-13/h9-11H,4-8H2,1-3H3,(H2,15,16). The number of aromatic nitrogens is 2. The molecule has 100 valence electrons. The first-order valence-corrected chi connectivity index (χ1v) is 6.79. The fourth-order valence-electron chi connectivity index (χ4n) is 2.69. The Kier molecular flexibility index (Phi) is 3.73. The Balaban J connectivity index is 2.03. The van der Waals surface area contributed by atoms with Crippen molar-refractivity contribution in [2.24, 2.45) is 11.3 Å². The quantitative estimate of drug-likeness (QED) is 0.830. The molecule has 0 saturated carbocycles. The van der Waals surface area contributed by atoms with Crippen molar-refractivity contribution in [3.63, 3.8) is 0 Å². The maximum atomic E-state index is 5.57. The predicted octanol–water partition coefficient (Wildman–Crippen LogP) is 2.71. The zero-order valence-corrected chi connectivity index (χ0v) is 11.7. The Labute approximate surface area is 110 Å². The zero-order valence-electron chi connectivity index (χ0n) is 11.7. The van der Waals surface area contributed by atoms with E-state index < -0.39 is 0 Å². The van der Waals surface area contributed by atoms with Crippen LogP contribution < -0.4 is 10.6 Å². The molecule has 4 heteroatoms. The van der Waals surface area contributed by atoms with E-state index in [0.29, 0.717) is 11.2 Å². The van der Waals surface area contributed by atoms with Crippen molar-refractivity contribution < 1.29 is 0 Å². The minimum atomic E-state index is 0.406. The van der Waals surface area contributed by atoms with Crippen LogP contribution in [0.4, 0.5) is 11.6 Å². The highest BCUT2D eigenvalue weighted by Crippen LogP contribution is 2.34. The number of nitrogens with two attached hydrogens (primary N) is 1. The second-order valence-electron chi connectivity index (χ2n) is 6.28. The van der Waals surface area contributed by atoms with E-state index in [-0.39, 0.29) is 0 Å². The highest BCUT2D eigenvalue weighted by atomic mass is 15.2. The van der Waals surface area contributed by atoms with Gasteiger partial charge in [-0.15, -0.1) is 0 Å². The summed E-state index contributed by atoms with van der Waals surface area (Å²) in [6.07, 6.45) is 7.19. The van der Waals surface area contributed by atoms with Gasteiger partial charge in [-0.05, 0) is 30.6 Å². The van der Waals surface area contributed by atoms with Crippen LogP contribution in [0, 0.1) is 11.3 Å². The van der Waals surface area contributed by atoms with Gasteiger partial charge in [0.25, 0.3) is 0 Å². The highest BCUT2D eigenvalue weighted by molar-refractivity contribution is 5.39. The van der Waals surface area contributed by atoms with E-state index in [1.54, 1.807) is 12.4 Å². The van der Waals surface area contributed by atoms with Gasteiger partial charge in [0.05, 0.1) is 12.4 Å². The monoisotopic (exact) mass is 248 g/mol. The van der Waals surface area contributed by atoms with Gasteiger partial charge in [-0.2, -0.15) is 0 Å². The summed E-state index contributed by atoms with van der Waals surface area (Å²) in [7, 11) is 0. The molecule has 0 amide bonds. The van der Waals surface area contributed by atoms with Gasteiger partial charge < -0.3 is 10.6 Å². The van der Waals surface area contributed by atoms with Gasteiger partial charge >= 0.3 is 0 Å². The van der Waals surface area contributed by atoms with Gasteiger partial charge in [0.1, 0.15) is 11.6 Å². The zero-order chi connectivity index (χ0) is 13.2. The first-order valence-electron chi connectivity index (χ1n) is 6.79. The molecule has 0 spiro atoms. The fraction of sp³-hybridized carbons (Fsp3) is 0.714. The summed E-state index contributed by atoms with van der Waals surface area (Å²) in [6, 6.07) is 0. The van der Waals surface area contributed by atoms with Crippen LogP contribution >= 0.6 is 0 Å². The van der Waals surface area contributed by atoms with E-state index >= 15 is 0 Å². The maximum Gasteiger partial charge on any atom is 0.147 e. The molecule has 2 heterocycles. The molecule has 2 rings (SSSR count). The number of nitrogen functional groups attached to an aromatic ring is 1. The average Bonchev–Trinajstić information content (AvgIpc) is 2.55. The molecule has 2 N–H and O–H groups in total. The molecule has 18 heavy (non-hydrogen) atoms. The van der Waals surface area contributed by atoms with Crippen molar-refractivity contribution in [1.29, 1.82) is 0 Å². The lowest BCUT2D eigenvalue weighted by Gasteiger charge is -2.29. The molecule has 4 nitrogen and oxygen atoms in total. The summed E-state index contributed by atoms with van der Waals surface area (Å²) in [5.74, 6) is 2.24. The van der Waals surface area contributed by atoms with Crippen LogP contribution in [0.1, 0.15) is 40.0 Å². The molecule has 1 fully saturated rings. The minimum Gasteiger partial charge on any atom is -0.382 e. The molecule has 1 aliphatic heterocycles. The first-order chi connectivity index (χ1) is 8.47. The Morgan fingerprint density at radius 2 is 1.94 bits per heavy atom. The average molecular weight is 248 g/mol. The number of nitrogens with zero attached hydrogens (tertiary/aromatic N) is 3. The van der Waals surface area contributed by atoms with E-state index in [9.17, 15) is 0 Å². The Morgan fingerprint density at radius 1 is 1.17 bits per heavy atom. The number of anilines is 2. The summed E-state index contributed by atoms with van der Waals surface area (Å²) < 4.78 is 0. The van der Waals surface area contributed by atoms with Crippen LogP contribution in [0.15, 0.2) is 12.4 Å². The molecular weight excluding hydrogens is 224 g/mol. The minimum absolute atomic E-state index is 0.406. The lowest BCUT2D eigenvalue weighted by Crippen LogP contribution is -2.26. The van der Waals surface area contributed by atoms with Gasteiger partial charge in [0.2, 0.25) is 0 Å². The Morgan fingerprint density at radius 3 is 2.56 bits per heavy atom. The van der Waals surface area contributed by atoms with Crippen LogP contribution in [0.3, 0.4) is 0 Å². The molecule has 1 aliphatic rings. The third kappa shape index (κ3) is 3.12. The van der Waals surface area contributed by atoms with Crippen molar-refractivity contribution >= 4 is 11.6 Å². The molecule has 0 aromatic carbocycles. The van der Waals surface area contributed by atoms with Gasteiger partial charge in [0, 0.05) is 13.1 Å². The van der Waals surface area contributed by atoms with E-state index in [4.69, 9.17) is 5.73 Å². The molecule has 1 aromatic rings. The molecule has 1 unspecified atom stereocenters. The van der Waals surface area contributed by atoms with Crippen LogP contribution in [0.5, 0.6) is 0 Å². The smallest absolute Gasteiger partial charge is 0.147 e. The lowest BCUT2D eigenvalue weighted by molar-refractivity contribution is 0.220. The maximum absolute atomic E-state index is 5.57. The number of hydrogen-bond donors (Lipinski definition) is 1. The van der Waals surface area contributed by atoms with E-state index in [0.717, 1.165) is 24.8 Å². The number of hydrogen-bond acceptors (Lipinski definition) is 4. The summed E-state index contributed by atoms with van der Waals surface area (Å²) in [5.41, 5.74) is 5.98. The van der Waals surface area contributed by atoms with E-state index in [1.165, 1.54) is 19.3 Å². The van der Waals surface area contributed by atoms with Gasteiger partial charge in [0.15, 0.2) is 0 Å². The topological polar surface area (TPSA) is 55.0 Å². The van der Waals surface area contributed by atoms with Crippen molar-refractivity contribution in [2.45, 2.75) is 40.0 Å². The Bertz CT molecular complexity index is 380. The van der Waals surface area contributed by atoms with Crippen LogP contribution in [0.25, 0.3) is 0 Å². The fourth-order valence-corrected chi connectivity index (χ4v) is 2.69. The second kappa shape index (κ2) is 5.12. The van der Waals surface area contributed by atoms with Gasteiger partial charge in [-0.1, -0.05) is 20.8 Å². The van der Waals surface area contributed by atoms with Crippen LogP contribution in [0.2, 0.25) is 0 Å².